The summed E-state index contributed by atoms with van der Waals surface area (Å²) < 4.78 is 30.0. The number of nitrogens with one attached hydrogen (secondary N) is 1. The maximum atomic E-state index is 12.1. The van der Waals surface area contributed by atoms with Gasteiger partial charge in [0.15, 0.2) is 0 Å². The Kier molecular flexibility index (Phi) is 9.47. The Balaban J connectivity index is 1.97. The summed E-state index contributed by atoms with van der Waals surface area (Å²) >= 11 is 1.07. The molecule has 1 saturated heterocycles. The summed E-state index contributed by atoms with van der Waals surface area (Å²) in [6, 6.07) is 0. The summed E-state index contributed by atoms with van der Waals surface area (Å²) in [4.78, 5) is 25.5. The van der Waals surface area contributed by atoms with Crippen molar-refractivity contribution in [2.45, 2.75) is 39.3 Å². The standard InChI is InChI=1S/C19H30N4O6S/c1-5-27-15(24)6-7-16(25)29-14(12-20-19(2,3)4)13-28-18-17(21-30-22-18)23-8-10-26-11-9-23/h6-7,14,20H,5,8-13H2,1-4H3/b7-6-. The van der Waals surface area contributed by atoms with Crippen LogP contribution in [0.1, 0.15) is 27.7 Å². The fraction of sp³-hybridized carbons (Fsp3) is 0.684. The van der Waals surface area contributed by atoms with Gasteiger partial charge in [0.25, 0.3) is 5.88 Å². The van der Waals surface area contributed by atoms with E-state index < -0.39 is 18.0 Å². The molecule has 168 valence electrons. The summed E-state index contributed by atoms with van der Waals surface area (Å²) in [6.07, 6.45) is 1.50. The first-order chi connectivity index (χ1) is 14.3. The van der Waals surface area contributed by atoms with E-state index in [0.29, 0.717) is 44.5 Å². The lowest BCUT2D eigenvalue weighted by atomic mass is 10.1. The van der Waals surface area contributed by atoms with E-state index in [0.717, 1.165) is 23.9 Å². The van der Waals surface area contributed by atoms with Gasteiger partial charge in [-0.1, -0.05) is 0 Å². The van der Waals surface area contributed by atoms with E-state index in [4.69, 9.17) is 18.9 Å². The molecule has 10 nitrogen and oxygen atoms in total. The van der Waals surface area contributed by atoms with Crippen molar-refractivity contribution in [2.24, 2.45) is 0 Å². The van der Waals surface area contributed by atoms with Crippen molar-refractivity contribution >= 4 is 29.5 Å². The van der Waals surface area contributed by atoms with E-state index in [-0.39, 0.29) is 18.8 Å². The minimum absolute atomic E-state index is 0.0881. The molecule has 1 fully saturated rings. The van der Waals surface area contributed by atoms with Crippen LogP contribution in [-0.4, -0.2) is 78.4 Å². The van der Waals surface area contributed by atoms with Gasteiger partial charge in [-0.2, -0.15) is 4.37 Å². The second-order valence-electron chi connectivity index (χ2n) is 7.58. The molecule has 1 aromatic heterocycles. The number of hydrogen-bond donors (Lipinski definition) is 1. The van der Waals surface area contributed by atoms with Gasteiger partial charge >= 0.3 is 11.9 Å². The van der Waals surface area contributed by atoms with Crippen LogP contribution in [0.5, 0.6) is 5.88 Å². The second kappa shape index (κ2) is 11.8. The predicted octanol–water partition coefficient (Wildman–Crippen LogP) is 1.17. The average molecular weight is 443 g/mol. The van der Waals surface area contributed by atoms with Gasteiger partial charge in [-0.15, -0.1) is 4.37 Å². The first-order valence-corrected chi connectivity index (χ1v) is 10.6. The van der Waals surface area contributed by atoms with Crippen molar-refractivity contribution in [2.75, 3.05) is 51.0 Å². The van der Waals surface area contributed by atoms with Crippen LogP contribution in [0.4, 0.5) is 5.82 Å². The first-order valence-electron chi connectivity index (χ1n) is 9.87. The van der Waals surface area contributed by atoms with Crippen molar-refractivity contribution in [3.63, 3.8) is 0 Å². The first kappa shape index (κ1) is 24.0. The Morgan fingerprint density at radius 1 is 1.23 bits per heavy atom. The number of carbonyl (C=O) groups is 2. The summed E-state index contributed by atoms with van der Waals surface area (Å²) in [5, 5.41) is 3.29. The van der Waals surface area contributed by atoms with Crippen LogP contribution in [0.2, 0.25) is 0 Å². The summed E-state index contributed by atoms with van der Waals surface area (Å²) in [6.45, 7) is 11.1. The molecule has 11 heteroatoms. The van der Waals surface area contributed by atoms with E-state index in [1.165, 1.54) is 0 Å². The number of rotatable bonds is 10. The Morgan fingerprint density at radius 2 is 1.93 bits per heavy atom. The molecule has 1 aliphatic rings. The molecule has 0 radical (unpaired) electrons. The monoisotopic (exact) mass is 442 g/mol. The van der Waals surface area contributed by atoms with Crippen molar-refractivity contribution < 1.29 is 28.5 Å². The number of ether oxygens (including phenoxy) is 4. The number of carbonyl (C=O) groups excluding carboxylic acids is 2. The normalized spacial score (nSPS) is 15.8. The minimum atomic E-state index is -0.655. The van der Waals surface area contributed by atoms with E-state index in [2.05, 4.69) is 19.0 Å². The largest absolute Gasteiger partial charge is 0.470 e. The molecular formula is C19H30N4O6S. The molecule has 1 atom stereocenters. The number of nitrogens with zero attached hydrogens (tertiary/aromatic N) is 3. The molecule has 1 unspecified atom stereocenters. The second-order valence-corrected chi connectivity index (χ2v) is 8.11. The molecule has 0 aromatic carbocycles. The Hall–Kier alpha value is -2.24. The van der Waals surface area contributed by atoms with Crippen molar-refractivity contribution in [3.05, 3.63) is 12.2 Å². The third-order valence-electron chi connectivity index (χ3n) is 3.94. The van der Waals surface area contributed by atoms with Gasteiger partial charge in [0.1, 0.15) is 12.7 Å². The fourth-order valence-electron chi connectivity index (χ4n) is 2.49. The lowest BCUT2D eigenvalue weighted by molar-refractivity contribution is -0.145. The lowest BCUT2D eigenvalue weighted by Crippen LogP contribution is -2.44. The lowest BCUT2D eigenvalue weighted by Gasteiger charge is -2.27. The predicted molar refractivity (Wildman–Crippen MR) is 112 cm³/mol. The molecule has 0 amide bonds. The third kappa shape index (κ3) is 8.64. The van der Waals surface area contributed by atoms with Crippen molar-refractivity contribution in [1.29, 1.82) is 0 Å². The smallest absolute Gasteiger partial charge is 0.331 e. The van der Waals surface area contributed by atoms with Gasteiger partial charge in [-0.05, 0) is 27.7 Å². The van der Waals surface area contributed by atoms with Crippen LogP contribution in [0, 0.1) is 0 Å². The zero-order chi connectivity index (χ0) is 22.0. The topological polar surface area (TPSA) is 112 Å². The maximum absolute atomic E-state index is 12.1. The molecule has 2 heterocycles. The van der Waals surface area contributed by atoms with Gasteiger partial charge in [0.05, 0.1) is 31.5 Å². The van der Waals surface area contributed by atoms with Gasteiger partial charge in [0, 0.05) is 37.3 Å². The highest BCUT2D eigenvalue weighted by atomic mass is 32.1. The fourth-order valence-corrected chi connectivity index (χ4v) is 3.01. The van der Waals surface area contributed by atoms with Crippen molar-refractivity contribution in [3.8, 4) is 5.88 Å². The van der Waals surface area contributed by atoms with Crippen LogP contribution in [-0.2, 0) is 23.8 Å². The number of hydrogen-bond acceptors (Lipinski definition) is 11. The Labute approximate surface area is 180 Å². The highest BCUT2D eigenvalue weighted by Gasteiger charge is 2.23. The number of aromatic nitrogens is 2. The minimum Gasteiger partial charge on any atom is -0.470 e. The molecular weight excluding hydrogens is 412 g/mol. The van der Waals surface area contributed by atoms with Crippen LogP contribution >= 0.6 is 11.7 Å². The highest BCUT2D eigenvalue weighted by molar-refractivity contribution is 6.99. The van der Waals surface area contributed by atoms with E-state index in [1.807, 2.05) is 20.8 Å². The van der Waals surface area contributed by atoms with Gasteiger partial charge in [-0.3, -0.25) is 0 Å². The molecule has 0 spiro atoms. The third-order valence-corrected chi connectivity index (χ3v) is 4.45. The van der Waals surface area contributed by atoms with Crippen LogP contribution in [0.3, 0.4) is 0 Å². The van der Waals surface area contributed by atoms with Crippen molar-refractivity contribution in [1.82, 2.24) is 14.1 Å². The molecule has 0 saturated carbocycles. The molecule has 1 N–H and O–H groups in total. The van der Waals surface area contributed by atoms with E-state index in [9.17, 15) is 9.59 Å². The SMILES string of the molecule is CCOC(=O)/C=C\C(=O)OC(CNC(C)(C)C)COc1nsnc1N1CCOCC1. The summed E-state index contributed by atoms with van der Waals surface area (Å²) in [5.41, 5.74) is -0.174. The van der Waals surface area contributed by atoms with Gasteiger partial charge in [0.2, 0.25) is 5.82 Å². The molecule has 2 rings (SSSR count). The average Bonchev–Trinajstić information content (AvgIpc) is 3.17. The number of esters is 2. The molecule has 1 aromatic rings. The molecule has 0 bridgehead atoms. The Morgan fingerprint density at radius 3 is 2.60 bits per heavy atom. The quantitative estimate of drug-likeness (QED) is 0.418. The zero-order valence-electron chi connectivity index (χ0n) is 17.9. The molecule has 1 aliphatic heterocycles. The number of anilines is 1. The molecule has 30 heavy (non-hydrogen) atoms. The van der Waals surface area contributed by atoms with Crippen LogP contribution < -0.4 is 15.0 Å². The van der Waals surface area contributed by atoms with Crippen LogP contribution in [0.15, 0.2) is 12.2 Å². The summed E-state index contributed by atoms with van der Waals surface area (Å²) in [7, 11) is 0. The Bertz CT molecular complexity index is 712. The van der Waals surface area contributed by atoms with E-state index >= 15 is 0 Å². The van der Waals surface area contributed by atoms with Crippen LogP contribution in [0.25, 0.3) is 0 Å². The van der Waals surface area contributed by atoms with E-state index in [1.54, 1.807) is 6.92 Å². The molecule has 0 aliphatic carbocycles. The van der Waals surface area contributed by atoms with Gasteiger partial charge in [-0.25, -0.2) is 9.59 Å². The van der Waals surface area contributed by atoms with Gasteiger partial charge < -0.3 is 29.2 Å². The zero-order valence-corrected chi connectivity index (χ0v) is 18.7. The maximum Gasteiger partial charge on any atom is 0.331 e. The highest BCUT2D eigenvalue weighted by Crippen LogP contribution is 2.26. The number of morpholine rings is 1. The summed E-state index contributed by atoms with van der Waals surface area (Å²) in [5.74, 6) is -0.184.